The Bertz CT molecular complexity index is 1020. The largest absolute Gasteiger partial charge is 0.405 e. The molecule has 12 heteroatoms. The molecule has 0 unspecified atom stereocenters. The van der Waals surface area contributed by atoms with Crippen LogP contribution in [0.2, 0.25) is 0 Å². The third-order valence-electron chi connectivity index (χ3n) is 5.18. The molecule has 1 aromatic carbocycles. The van der Waals surface area contributed by atoms with Gasteiger partial charge in [0.05, 0.1) is 11.4 Å². The lowest BCUT2D eigenvalue weighted by Gasteiger charge is -2.30. The highest BCUT2D eigenvalue weighted by molar-refractivity contribution is 7.89. The third kappa shape index (κ3) is 5.56. The van der Waals surface area contributed by atoms with Gasteiger partial charge in [0.25, 0.3) is 10.0 Å². The molecule has 0 atom stereocenters. The van der Waals surface area contributed by atoms with Gasteiger partial charge in [-0.25, -0.2) is 13.4 Å². The van der Waals surface area contributed by atoms with Gasteiger partial charge in [0.2, 0.25) is 5.91 Å². The monoisotopic (exact) mass is 459 g/mol. The molecule has 0 bridgehead atoms. The van der Waals surface area contributed by atoms with Gasteiger partial charge in [0.1, 0.15) is 12.4 Å². The maximum Gasteiger partial charge on any atom is 0.405 e. The number of carbonyl (C=O) groups is 1. The van der Waals surface area contributed by atoms with Crippen molar-refractivity contribution < 1.29 is 26.4 Å². The molecule has 170 valence electrons. The summed E-state index contributed by atoms with van der Waals surface area (Å²) in [5, 5.41) is 4.91. The van der Waals surface area contributed by atoms with E-state index < -0.39 is 28.7 Å². The topological polar surface area (TPSA) is 96.3 Å². The zero-order valence-electron chi connectivity index (χ0n) is 17.1. The molecule has 1 amide bonds. The molecule has 2 N–H and O–H groups in total. The number of imidazole rings is 1. The lowest BCUT2D eigenvalue weighted by molar-refractivity contribution is -0.121. The number of hydrogen-bond acceptors (Lipinski definition) is 5. The normalized spacial score (nSPS) is 16.3. The van der Waals surface area contributed by atoms with Crippen molar-refractivity contribution in [3.63, 3.8) is 0 Å². The molecule has 31 heavy (non-hydrogen) atoms. The average Bonchev–Trinajstić information content (AvgIpc) is 3.06. The number of rotatable bonds is 6. The van der Waals surface area contributed by atoms with Crippen LogP contribution < -0.4 is 10.6 Å². The number of para-hydroxylation sites is 2. The summed E-state index contributed by atoms with van der Waals surface area (Å²) in [4.78, 5) is 16.7. The molecule has 1 aliphatic rings. The van der Waals surface area contributed by atoms with Gasteiger partial charge in [0.15, 0.2) is 5.03 Å². The summed E-state index contributed by atoms with van der Waals surface area (Å²) in [6.45, 7) is 0.800. The van der Waals surface area contributed by atoms with Crippen molar-refractivity contribution in [1.82, 2.24) is 13.9 Å². The fourth-order valence-electron chi connectivity index (χ4n) is 3.32. The minimum atomic E-state index is -4.39. The first-order chi connectivity index (χ1) is 14.5. The number of benzene rings is 1. The van der Waals surface area contributed by atoms with E-state index >= 15 is 0 Å². The molecule has 3 rings (SSSR count). The predicted octanol–water partition coefficient (Wildman–Crippen LogP) is 2.74. The molecule has 2 aromatic rings. The summed E-state index contributed by atoms with van der Waals surface area (Å²) in [6.07, 6.45) is -2.33. The fourth-order valence-corrected chi connectivity index (χ4v) is 4.81. The smallest absolute Gasteiger partial charge is 0.375 e. The van der Waals surface area contributed by atoms with Crippen molar-refractivity contribution in [2.75, 3.05) is 30.3 Å². The molecule has 1 aliphatic heterocycles. The van der Waals surface area contributed by atoms with Gasteiger partial charge >= 0.3 is 6.18 Å². The van der Waals surface area contributed by atoms with Crippen LogP contribution >= 0.6 is 0 Å². The van der Waals surface area contributed by atoms with Crippen molar-refractivity contribution in [2.45, 2.75) is 31.0 Å². The molecule has 1 saturated heterocycles. The number of alkyl halides is 3. The van der Waals surface area contributed by atoms with Gasteiger partial charge in [-0.3, -0.25) is 4.79 Å². The average molecular weight is 459 g/mol. The number of sulfonamides is 1. The molecular weight excluding hydrogens is 435 g/mol. The van der Waals surface area contributed by atoms with Gasteiger partial charge in [-0.15, -0.1) is 0 Å². The van der Waals surface area contributed by atoms with E-state index in [1.165, 1.54) is 22.6 Å². The number of amides is 1. The number of anilines is 2. The number of hydrogen-bond donors (Lipinski definition) is 2. The van der Waals surface area contributed by atoms with E-state index in [0.29, 0.717) is 18.7 Å². The van der Waals surface area contributed by atoms with Gasteiger partial charge in [-0.1, -0.05) is 12.1 Å². The Labute approximate surface area is 178 Å². The summed E-state index contributed by atoms with van der Waals surface area (Å²) in [6, 6.07) is 6.14. The summed E-state index contributed by atoms with van der Waals surface area (Å²) >= 11 is 0. The van der Waals surface area contributed by atoms with Crippen LogP contribution in [0, 0.1) is 12.8 Å². The van der Waals surface area contributed by atoms with Crippen molar-refractivity contribution in [3.05, 3.63) is 36.3 Å². The van der Waals surface area contributed by atoms with Crippen LogP contribution in [-0.2, 0) is 21.9 Å². The molecule has 0 spiro atoms. The van der Waals surface area contributed by atoms with E-state index in [1.54, 1.807) is 30.7 Å². The van der Waals surface area contributed by atoms with Crippen molar-refractivity contribution in [3.8, 4) is 0 Å². The van der Waals surface area contributed by atoms with Crippen LogP contribution in [0.4, 0.5) is 24.5 Å². The minimum absolute atomic E-state index is 0.0277. The Kier molecular flexibility index (Phi) is 6.60. The summed E-state index contributed by atoms with van der Waals surface area (Å²) in [5.74, 6) is -0.231. The second-order valence-electron chi connectivity index (χ2n) is 7.42. The number of aryl methyl sites for hydroxylation is 2. The Morgan fingerprint density at radius 1 is 1.19 bits per heavy atom. The SMILES string of the molecule is Cc1nc(S(=O)(=O)N2CCC(C(=O)Nc3ccccc3NCC(F)(F)F)CC2)cn1C. The zero-order valence-corrected chi connectivity index (χ0v) is 17.9. The van der Waals surface area contributed by atoms with Crippen molar-refractivity contribution >= 4 is 27.3 Å². The molecule has 8 nitrogen and oxygen atoms in total. The summed E-state index contributed by atoms with van der Waals surface area (Å²) < 4.78 is 65.9. The highest BCUT2D eigenvalue weighted by Crippen LogP contribution is 2.27. The van der Waals surface area contributed by atoms with E-state index in [9.17, 15) is 26.4 Å². The van der Waals surface area contributed by atoms with Gasteiger partial charge in [0, 0.05) is 32.3 Å². The number of carbonyl (C=O) groups excluding carboxylic acids is 1. The van der Waals surface area contributed by atoms with E-state index in [2.05, 4.69) is 15.6 Å². The standard InChI is InChI=1S/C19H24F3N5O3S/c1-13-24-17(11-26(13)2)31(29,30)27-9-7-14(8-10-27)18(28)25-16-6-4-3-5-15(16)23-12-19(20,21)22/h3-6,11,14,23H,7-10,12H2,1-2H3,(H,25,28). The molecule has 0 aliphatic carbocycles. The molecule has 2 heterocycles. The van der Waals surface area contributed by atoms with E-state index in [1.807, 2.05) is 0 Å². The third-order valence-corrected chi connectivity index (χ3v) is 6.95. The van der Waals surface area contributed by atoms with Crippen LogP contribution in [0.5, 0.6) is 0 Å². The number of nitrogens with one attached hydrogen (secondary N) is 2. The van der Waals surface area contributed by atoms with E-state index in [-0.39, 0.29) is 35.4 Å². The van der Waals surface area contributed by atoms with Crippen LogP contribution in [0.15, 0.2) is 35.5 Å². The first-order valence-corrected chi connectivity index (χ1v) is 11.1. The molecule has 1 fully saturated rings. The number of nitrogens with zero attached hydrogens (tertiary/aromatic N) is 3. The molecular formula is C19H24F3N5O3S. The second-order valence-corrected chi connectivity index (χ2v) is 9.30. The maximum absolute atomic E-state index is 12.8. The predicted molar refractivity (Wildman–Crippen MR) is 109 cm³/mol. The molecule has 0 radical (unpaired) electrons. The quantitative estimate of drug-likeness (QED) is 0.693. The Balaban J connectivity index is 1.61. The van der Waals surface area contributed by atoms with Crippen LogP contribution in [-0.4, -0.2) is 54.0 Å². The van der Waals surface area contributed by atoms with Crippen molar-refractivity contribution in [2.24, 2.45) is 13.0 Å². The maximum atomic E-state index is 12.8. The summed E-state index contributed by atoms with van der Waals surface area (Å²) in [7, 11) is -2.04. The number of halogens is 3. The lowest BCUT2D eigenvalue weighted by atomic mass is 9.97. The molecule has 0 saturated carbocycles. The van der Waals surface area contributed by atoms with Crippen LogP contribution in [0.1, 0.15) is 18.7 Å². The first-order valence-electron chi connectivity index (χ1n) is 9.68. The second kappa shape index (κ2) is 8.87. The Hall–Kier alpha value is -2.60. The highest BCUT2D eigenvalue weighted by atomic mass is 32.2. The van der Waals surface area contributed by atoms with Crippen LogP contribution in [0.3, 0.4) is 0 Å². The summed E-state index contributed by atoms with van der Waals surface area (Å²) in [5.41, 5.74) is 0.412. The molecule has 1 aromatic heterocycles. The Morgan fingerprint density at radius 2 is 1.81 bits per heavy atom. The Morgan fingerprint density at radius 3 is 2.35 bits per heavy atom. The van der Waals surface area contributed by atoms with E-state index in [4.69, 9.17) is 0 Å². The van der Waals surface area contributed by atoms with Crippen molar-refractivity contribution in [1.29, 1.82) is 0 Å². The van der Waals surface area contributed by atoms with Gasteiger partial charge < -0.3 is 15.2 Å². The zero-order chi connectivity index (χ0) is 22.8. The van der Waals surface area contributed by atoms with E-state index in [0.717, 1.165) is 0 Å². The minimum Gasteiger partial charge on any atom is -0.375 e. The van der Waals surface area contributed by atoms with Gasteiger partial charge in [-0.2, -0.15) is 17.5 Å². The number of piperidine rings is 1. The van der Waals surface area contributed by atoms with Gasteiger partial charge in [-0.05, 0) is 31.9 Å². The lowest BCUT2D eigenvalue weighted by Crippen LogP contribution is -2.41. The van der Waals surface area contributed by atoms with Crippen LogP contribution in [0.25, 0.3) is 0 Å². The number of aromatic nitrogens is 2. The highest BCUT2D eigenvalue weighted by Gasteiger charge is 2.34. The fraction of sp³-hybridized carbons (Fsp3) is 0.474. The first kappa shape index (κ1) is 23.1.